The third-order valence-corrected chi connectivity index (χ3v) is 4.40. The van der Waals surface area contributed by atoms with Crippen molar-refractivity contribution in [3.63, 3.8) is 0 Å². The number of piperazine rings is 1. The minimum atomic E-state index is -2.77. The van der Waals surface area contributed by atoms with Crippen LogP contribution in [0.5, 0.6) is 0 Å². The summed E-state index contributed by atoms with van der Waals surface area (Å²) in [6, 6.07) is 4.87. The molecule has 0 radical (unpaired) electrons. The maximum atomic E-state index is 14.0. The molecule has 23 heavy (non-hydrogen) atoms. The lowest BCUT2D eigenvalue weighted by atomic mass is 9.91. The summed E-state index contributed by atoms with van der Waals surface area (Å²) < 4.78 is 39.4. The van der Waals surface area contributed by atoms with Crippen LogP contribution < -0.4 is 5.32 Å². The van der Waals surface area contributed by atoms with E-state index in [4.69, 9.17) is 0 Å². The fourth-order valence-electron chi connectivity index (χ4n) is 3.30. The van der Waals surface area contributed by atoms with Crippen molar-refractivity contribution in [3.05, 3.63) is 35.1 Å². The highest BCUT2D eigenvalue weighted by Crippen LogP contribution is 2.33. The molecule has 0 bridgehead atoms. The molecule has 1 N–H and O–H groups in total. The van der Waals surface area contributed by atoms with Crippen molar-refractivity contribution in [2.45, 2.75) is 52.2 Å². The van der Waals surface area contributed by atoms with Crippen molar-refractivity contribution < 1.29 is 13.2 Å². The number of alkyl halides is 2. The summed E-state index contributed by atoms with van der Waals surface area (Å²) in [5.41, 5.74) is 0.255. The standard InChI is InChI=1S/C17H25F3N2.ClH/c1-10(2)16(22-9-11(3)21-8-12(22)4)13-5-6-14(17(19)20)15(18)7-13;/h5-7,10-12,16-17,21H,8-9H2,1-4H3;1H/t11-,12+,16?;/m0./s1. The lowest BCUT2D eigenvalue weighted by Crippen LogP contribution is -2.56. The molecule has 2 rings (SSSR count). The van der Waals surface area contributed by atoms with Crippen LogP contribution in [0.15, 0.2) is 18.2 Å². The van der Waals surface area contributed by atoms with Crippen LogP contribution >= 0.6 is 12.4 Å². The summed E-state index contributed by atoms with van der Waals surface area (Å²) in [6.45, 7) is 10.2. The van der Waals surface area contributed by atoms with Crippen molar-refractivity contribution in [1.29, 1.82) is 0 Å². The Bertz CT molecular complexity index is 511. The van der Waals surface area contributed by atoms with Crippen LogP contribution in [0.3, 0.4) is 0 Å². The Labute approximate surface area is 142 Å². The number of nitrogens with zero attached hydrogens (tertiary/aromatic N) is 1. The largest absolute Gasteiger partial charge is 0.311 e. The molecule has 132 valence electrons. The Balaban J connectivity index is 0.00000264. The smallest absolute Gasteiger partial charge is 0.266 e. The van der Waals surface area contributed by atoms with E-state index >= 15 is 0 Å². The Morgan fingerprint density at radius 2 is 1.87 bits per heavy atom. The van der Waals surface area contributed by atoms with Crippen molar-refractivity contribution in [3.8, 4) is 0 Å². The predicted octanol–water partition coefficient (Wildman–Crippen LogP) is 4.56. The molecule has 1 aromatic rings. The first-order chi connectivity index (χ1) is 10.3. The Morgan fingerprint density at radius 3 is 2.39 bits per heavy atom. The van der Waals surface area contributed by atoms with Gasteiger partial charge in [-0.05, 0) is 31.4 Å². The molecule has 1 unspecified atom stereocenters. The molecular formula is C17H26ClF3N2. The van der Waals surface area contributed by atoms with E-state index in [0.717, 1.165) is 18.7 Å². The Morgan fingerprint density at radius 1 is 1.22 bits per heavy atom. The second-order valence-electron chi connectivity index (χ2n) is 6.63. The highest BCUT2D eigenvalue weighted by atomic mass is 35.5. The second-order valence-corrected chi connectivity index (χ2v) is 6.63. The summed E-state index contributed by atoms with van der Waals surface area (Å²) in [6.07, 6.45) is -2.77. The van der Waals surface area contributed by atoms with Crippen LogP contribution in [0.4, 0.5) is 13.2 Å². The lowest BCUT2D eigenvalue weighted by Gasteiger charge is -2.44. The fourth-order valence-corrected chi connectivity index (χ4v) is 3.30. The zero-order valence-electron chi connectivity index (χ0n) is 14.0. The number of benzene rings is 1. The summed E-state index contributed by atoms with van der Waals surface area (Å²) in [5, 5.41) is 3.43. The molecule has 0 spiro atoms. The normalized spacial score (nSPS) is 23.9. The molecular weight excluding hydrogens is 325 g/mol. The van der Waals surface area contributed by atoms with E-state index in [1.165, 1.54) is 12.1 Å². The molecule has 1 saturated heterocycles. The van der Waals surface area contributed by atoms with E-state index in [1.54, 1.807) is 6.07 Å². The zero-order chi connectivity index (χ0) is 16.4. The molecule has 0 aliphatic carbocycles. The molecule has 0 saturated carbocycles. The topological polar surface area (TPSA) is 15.3 Å². The number of hydrogen-bond donors (Lipinski definition) is 1. The molecule has 1 heterocycles. The minimum absolute atomic E-state index is 0. The zero-order valence-corrected chi connectivity index (χ0v) is 14.8. The first kappa shape index (κ1) is 20.3. The lowest BCUT2D eigenvalue weighted by molar-refractivity contribution is 0.0695. The van der Waals surface area contributed by atoms with Gasteiger partial charge in [-0.1, -0.05) is 26.0 Å². The van der Waals surface area contributed by atoms with Crippen molar-refractivity contribution in [2.24, 2.45) is 5.92 Å². The predicted molar refractivity (Wildman–Crippen MR) is 89.8 cm³/mol. The highest BCUT2D eigenvalue weighted by molar-refractivity contribution is 5.85. The van der Waals surface area contributed by atoms with Gasteiger partial charge in [-0.15, -0.1) is 12.4 Å². The fraction of sp³-hybridized carbons (Fsp3) is 0.647. The van der Waals surface area contributed by atoms with Gasteiger partial charge < -0.3 is 5.32 Å². The first-order valence-electron chi connectivity index (χ1n) is 7.87. The number of rotatable bonds is 4. The van der Waals surface area contributed by atoms with Gasteiger partial charge in [-0.25, -0.2) is 13.2 Å². The monoisotopic (exact) mass is 350 g/mol. The van der Waals surface area contributed by atoms with E-state index in [1.807, 2.05) is 0 Å². The summed E-state index contributed by atoms with van der Waals surface area (Å²) in [4.78, 5) is 2.35. The van der Waals surface area contributed by atoms with Gasteiger partial charge in [0.15, 0.2) is 0 Å². The minimum Gasteiger partial charge on any atom is -0.311 e. The average Bonchev–Trinajstić information content (AvgIpc) is 2.42. The first-order valence-corrected chi connectivity index (χ1v) is 7.87. The number of halogens is 4. The number of nitrogens with one attached hydrogen (secondary N) is 1. The van der Waals surface area contributed by atoms with Gasteiger partial charge in [-0.2, -0.15) is 0 Å². The maximum Gasteiger partial charge on any atom is 0.266 e. The molecule has 6 heteroatoms. The Kier molecular flexibility index (Phi) is 7.36. The molecule has 1 aromatic carbocycles. The summed E-state index contributed by atoms with van der Waals surface area (Å²) in [5.74, 6) is -0.543. The Hall–Kier alpha value is -0.780. The molecule has 0 aromatic heterocycles. The van der Waals surface area contributed by atoms with Crippen molar-refractivity contribution >= 4 is 12.4 Å². The molecule has 1 fully saturated rings. The van der Waals surface area contributed by atoms with Crippen LogP contribution in [0.25, 0.3) is 0 Å². The highest BCUT2D eigenvalue weighted by Gasteiger charge is 2.32. The second kappa shape index (κ2) is 8.36. The van der Waals surface area contributed by atoms with Gasteiger partial charge in [0.05, 0.1) is 5.56 Å². The van der Waals surface area contributed by atoms with Gasteiger partial charge in [0.1, 0.15) is 5.82 Å². The van der Waals surface area contributed by atoms with Gasteiger partial charge in [0.25, 0.3) is 6.43 Å². The van der Waals surface area contributed by atoms with Crippen LogP contribution in [0.1, 0.15) is 51.3 Å². The van der Waals surface area contributed by atoms with Crippen LogP contribution in [0.2, 0.25) is 0 Å². The molecule has 1 aliphatic heterocycles. The molecule has 3 atom stereocenters. The van der Waals surface area contributed by atoms with Gasteiger partial charge in [0, 0.05) is 31.2 Å². The SMILES string of the molecule is CC(C)C(c1ccc(C(F)F)c(F)c1)N1C[C@H](C)NC[C@H]1C.Cl. The summed E-state index contributed by atoms with van der Waals surface area (Å²) >= 11 is 0. The van der Waals surface area contributed by atoms with E-state index < -0.39 is 17.8 Å². The van der Waals surface area contributed by atoms with Crippen molar-refractivity contribution in [2.75, 3.05) is 13.1 Å². The third kappa shape index (κ3) is 4.61. The van der Waals surface area contributed by atoms with Crippen molar-refractivity contribution in [1.82, 2.24) is 10.2 Å². The summed E-state index contributed by atoms with van der Waals surface area (Å²) in [7, 11) is 0. The third-order valence-electron chi connectivity index (χ3n) is 4.40. The number of hydrogen-bond acceptors (Lipinski definition) is 2. The quantitative estimate of drug-likeness (QED) is 0.856. The van der Waals surface area contributed by atoms with Gasteiger partial charge >= 0.3 is 0 Å². The molecule has 2 nitrogen and oxygen atoms in total. The van der Waals surface area contributed by atoms with E-state index in [0.29, 0.717) is 12.1 Å². The van der Waals surface area contributed by atoms with E-state index in [2.05, 4.69) is 37.9 Å². The van der Waals surface area contributed by atoms with Crippen LogP contribution in [-0.4, -0.2) is 30.1 Å². The average molecular weight is 351 g/mol. The molecule has 0 amide bonds. The van der Waals surface area contributed by atoms with E-state index in [9.17, 15) is 13.2 Å². The van der Waals surface area contributed by atoms with Gasteiger partial charge in [-0.3, -0.25) is 4.90 Å². The molecule has 1 aliphatic rings. The van der Waals surface area contributed by atoms with E-state index in [-0.39, 0.29) is 24.4 Å². The maximum absolute atomic E-state index is 14.0. The van der Waals surface area contributed by atoms with Crippen LogP contribution in [0, 0.1) is 11.7 Å². The van der Waals surface area contributed by atoms with Crippen LogP contribution in [-0.2, 0) is 0 Å². The van der Waals surface area contributed by atoms with Gasteiger partial charge in [0.2, 0.25) is 0 Å².